The number of anilines is 2. The lowest BCUT2D eigenvalue weighted by Gasteiger charge is -2.21. The van der Waals surface area contributed by atoms with E-state index in [0.29, 0.717) is 16.2 Å². The maximum atomic E-state index is 13.6. The Bertz CT molecular complexity index is 1780. The highest BCUT2D eigenvalue weighted by Crippen LogP contribution is 2.40. The first-order valence-electron chi connectivity index (χ1n) is 12.0. The lowest BCUT2D eigenvalue weighted by Crippen LogP contribution is -2.32. The molecular weight excluding hydrogens is 661 g/mol. The number of thioether (sulfide) groups is 1. The second-order valence-corrected chi connectivity index (χ2v) is 10.5. The highest BCUT2D eigenvalue weighted by atomic mass is 35.5. The van der Waals surface area contributed by atoms with Crippen LogP contribution in [0, 0.1) is 0 Å². The minimum Gasteiger partial charge on any atom is -0.406 e. The van der Waals surface area contributed by atoms with Gasteiger partial charge in [-0.1, -0.05) is 35.0 Å². The number of halogens is 8. The molecule has 0 aliphatic carbocycles. The molecule has 0 bridgehead atoms. The Hall–Kier alpha value is -4.28. The van der Waals surface area contributed by atoms with E-state index in [-0.39, 0.29) is 32.5 Å². The third-order valence-corrected chi connectivity index (χ3v) is 7.24. The SMILES string of the molecule is O=C(N=C1SCC(=O)N1c1cc(Cl)ccc1C(F)(F)F)Nc1ccc(-c2ncn(-c3ccc(OC(F)(F)F)cc3)n2)cc1Cl. The summed E-state index contributed by atoms with van der Waals surface area (Å²) in [6.45, 7) is 0. The number of carbonyl (C=O) groups is 2. The Morgan fingerprint density at radius 2 is 1.73 bits per heavy atom. The first-order valence-corrected chi connectivity index (χ1v) is 13.7. The van der Waals surface area contributed by atoms with Gasteiger partial charge in [0.05, 0.1) is 33.4 Å². The van der Waals surface area contributed by atoms with Gasteiger partial charge in [-0.2, -0.15) is 18.2 Å². The molecule has 44 heavy (non-hydrogen) atoms. The summed E-state index contributed by atoms with van der Waals surface area (Å²) < 4.78 is 83.2. The molecule has 3 amide bonds. The van der Waals surface area contributed by atoms with E-state index < -0.39 is 41.5 Å². The molecule has 0 saturated carbocycles. The summed E-state index contributed by atoms with van der Waals surface area (Å²) >= 11 is 13.0. The molecular formula is C26H14Cl2F6N6O3S. The summed E-state index contributed by atoms with van der Waals surface area (Å²) in [7, 11) is 0. The van der Waals surface area contributed by atoms with Crippen molar-refractivity contribution in [2.45, 2.75) is 12.5 Å². The van der Waals surface area contributed by atoms with Gasteiger partial charge in [0.2, 0.25) is 5.91 Å². The molecule has 18 heteroatoms. The minimum atomic E-state index is -4.83. The van der Waals surface area contributed by atoms with Crippen molar-refractivity contribution in [3.63, 3.8) is 0 Å². The van der Waals surface area contributed by atoms with E-state index in [1.807, 2.05) is 0 Å². The normalized spacial score (nSPS) is 14.8. The first kappa shape index (κ1) is 31.2. The van der Waals surface area contributed by atoms with Gasteiger partial charge in [-0.05, 0) is 60.7 Å². The Kier molecular flexibility index (Phi) is 8.51. The minimum absolute atomic E-state index is 0.0299. The summed E-state index contributed by atoms with van der Waals surface area (Å²) in [4.78, 5) is 33.8. The van der Waals surface area contributed by atoms with Crippen molar-refractivity contribution < 1.29 is 40.7 Å². The number of hydrogen-bond donors (Lipinski definition) is 1. The molecule has 5 rings (SSSR count). The summed E-state index contributed by atoms with van der Waals surface area (Å²) in [5, 5.41) is 6.37. The second-order valence-electron chi connectivity index (χ2n) is 8.75. The average molecular weight is 675 g/mol. The lowest BCUT2D eigenvalue weighted by atomic mass is 10.1. The molecule has 4 aromatic rings. The highest BCUT2D eigenvalue weighted by molar-refractivity contribution is 8.15. The number of nitrogens with one attached hydrogen (secondary N) is 1. The van der Waals surface area contributed by atoms with Crippen LogP contribution in [0.1, 0.15) is 5.56 Å². The fourth-order valence-electron chi connectivity index (χ4n) is 3.92. The van der Waals surface area contributed by atoms with Gasteiger partial charge in [0, 0.05) is 10.6 Å². The van der Waals surface area contributed by atoms with Crippen LogP contribution in [0.25, 0.3) is 17.1 Å². The van der Waals surface area contributed by atoms with E-state index in [9.17, 15) is 35.9 Å². The zero-order valence-corrected chi connectivity index (χ0v) is 23.8. The third-order valence-electron chi connectivity index (χ3n) is 5.76. The molecule has 1 fully saturated rings. The van der Waals surface area contributed by atoms with Crippen molar-refractivity contribution in [1.29, 1.82) is 0 Å². The molecule has 0 radical (unpaired) electrons. The zero-order chi connectivity index (χ0) is 31.8. The molecule has 0 spiro atoms. The number of rotatable bonds is 5. The van der Waals surface area contributed by atoms with Crippen LogP contribution in [-0.2, 0) is 11.0 Å². The quantitative estimate of drug-likeness (QED) is 0.217. The maximum absolute atomic E-state index is 13.6. The van der Waals surface area contributed by atoms with Crippen molar-refractivity contribution in [2.24, 2.45) is 4.99 Å². The Morgan fingerprint density at radius 3 is 2.39 bits per heavy atom. The number of urea groups is 1. The second kappa shape index (κ2) is 12.0. The van der Waals surface area contributed by atoms with Crippen molar-refractivity contribution >= 4 is 63.4 Å². The van der Waals surface area contributed by atoms with Crippen molar-refractivity contribution in [1.82, 2.24) is 14.8 Å². The number of nitrogens with zero attached hydrogens (tertiary/aromatic N) is 5. The van der Waals surface area contributed by atoms with E-state index in [2.05, 4.69) is 25.1 Å². The topological polar surface area (TPSA) is 102 Å². The molecule has 1 N–H and O–H groups in total. The van der Waals surface area contributed by atoms with Crippen molar-refractivity contribution in [3.05, 3.63) is 82.6 Å². The zero-order valence-electron chi connectivity index (χ0n) is 21.5. The number of benzene rings is 3. The highest BCUT2D eigenvalue weighted by Gasteiger charge is 2.40. The van der Waals surface area contributed by atoms with Gasteiger partial charge in [-0.15, -0.1) is 18.3 Å². The molecule has 9 nitrogen and oxygen atoms in total. The largest absolute Gasteiger partial charge is 0.573 e. The molecule has 3 aromatic carbocycles. The Morgan fingerprint density at radius 1 is 1.00 bits per heavy atom. The molecule has 228 valence electrons. The maximum Gasteiger partial charge on any atom is 0.573 e. The van der Waals surface area contributed by atoms with Crippen molar-refractivity contribution in [2.75, 3.05) is 16.0 Å². The van der Waals surface area contributed by atoms with E-state index in [4.69, 9.17) is 23.2 Å². The first-order chi connectivity index (χ1) is 20.7. The number of amidine groups is 1. The number of amides is 3. The fourth-order valence-corrected chi connectivity index (χ4v) is 5.17. The van der Waals surface area contributed by atoms with Gasteiger partial charge >= 0.3 is 18.6 Å². The van der Waals surface area contributed by atoms with Crippen LogP contribution in [0.2, 0.25) is 10.0 Å². The van der Waals surface area contributed by atoms with E-state index in [0.717, 1.165) is 42.1 Å². The number of alkyl halides is 6. The van der Waals surface area contributed by atoms with Gasteiger partial charge in [-0.3, -0.25) is 9.69 Å². The summed E-state index contributed by atoms with van der Waals surface area (Å²) in [6, 6.07) is 11.0. The standard InChI is InChI=1S/C26H14Cl2F6N6O3S/c27-14-2-7-17(25(29,30)31)20(10-14)40-21(41)11-44-24(40)37-23(42)36-19-8-1-13(9-18(19)28)22-35-12-39(38-22)15-3-5-16(6-4-15)43-26(32,33)34/h1-10,12H,11H2,(H,36,42). The summed E-state index contributed by atoms with van der Waals surface area (Å²) in [5.74, 6) is -1.19. The van der Waals surface area contributed by atoms with Crippen molar-refractivity contribution in [3.8, 4) is 22.8 Å². The van der Waals surface area contributed by atoms with E-state index >= 15 is 0 Å². The van der Waals surface area contributed by atoms with E-state index in [1.54, 1.807) is 0 Å². The van der Waals surface area contributed by atoms with Gasteiger partial charge in [0.15, 0.2) is 11.0 Å². The number of hydrogen-bond acceptors (Lipinski definition) is 6. The van der Waals surface area contributed by atoms with Gasteiger partial charge < -0.3 is 10.1 Å². The van der Waals surface area contributed by atoms with E-state index in [1.165, 1.54) is 41.3 Å². The molecule has 0 unspecified atom stereocenters. The smallest absolute Gasteiger partial charge is 0.406 e. The number of aromatic nitrogens is 3. The molecule has 1 aromatic heterocycles. The number of ether oxygens (including phenoxy) is 1. The molecule has 2 heterocycles. The van der Waals surface area contributed by atoms with Crippen LogP contribution < -0.4 is 15.0 Å². The lowest BCUT2D eigenvalue weighted by molar-refractivity contribution is -0.274. The summed E-state index contributed by atoms with van der Waals surface area (Å²) in [5.41, 5.74) is -0.799. The molecule has 0 atom stereocenters. The van der Waals surface area contributed by atoms with Crippen LogP contribution in [-0.4, -0.2) is 44.0 Å². The third kappa shape index (κ3) is 7.09. The fraction of sp³-hybridized carbons (Fsp3) is 0.115. The Balaban J connectivity index is 1.32. The van der Waals surface area contributed by atoms with Gasteiger partial charge in [-0.25, -0.2) is 14.5 Å². The molecule has 1 aliphatic heterocycles. The average Bonchev–Trinajstić information content (AvgIpc) is 3.56. The Labute approximate surface area is 257 Å². The number of carbonyl (C=O) groups excluding carboxylic acids is 2. The molecule has 1 aliphatic rings. The summed E-state index contributed by atoms with van der Waals surface area (Å²) in [6.07, 6.45) is -8.31. The van der Waals surface area contributed by atoms with Gasteiger partial charge in [0.1, 0.15) is 12.1 Å². The van der Waals surface area contributed by atoms with Crippen LogP contribution in [0.4, 0.5) is 42.5 Å². The van der Waals surface area contributed by atoms with Crippen LogP contribution in [0.3, 0.4) is 0 Å². The van der Waals surface area contributed by atoms with Crippen LogP contribution >= 0.6 is 35.0 Å². The van der Waals surface area contributed by atoms with Crippen LogP contribution in [0.5, 0.6) is 5.75 Å². The van der Waals surface area contributed by atoms with Gasteiger partial charge in [0.25, 0.3) is 0 Å². The monoisotopic (exact) mass is 674 g/mol. The number of aliphatic imine (C=N–C) groups is 1. The van der Waals surface area contributed by atoms with Crippen LogP contribution in [0.15, 0.2) is 72.0 Å². The molecule has 1 saturated heterocycles. The predicted octanol–water partition coefficient (Wildman–Crippen LogP) is 7.83. The predicted molar refractivity (Wildman–Crippen MR) is 151 cm³/mol.